The van der Waals surface area contributed by atoms with Crippen molar-refractivity contribution in [3.63, 3.8) is 0 Å². The fourth-order valence-electron chi connectivity index (χ4n) is 1.53. The van der Waals surface area contributed by atoms with Gasteiger partial charge in [-0.05, 0) is 26.0 Å². The number of para-hydroxylation sites is 1. The number of hydrogen-bond acceptors (Lipinski definition) is 4. The summed E-state index contributed by atoms with van der Waals surface area (Å²) in [6, 6.07) is 9.56. The molecule has 1 heterocycles. The summed E-state index contributed by atoms with van der Waals surface area (Å²) in [5.41, 5.74) is 1.58. The van der Waals surface area contributed by atoms with Crippen molar-refractivity contribution in [1.82, 2.24) is 0 Å². The number of thioether (sulfide) groups is 1. The number of nitrogens with zero attached hydrogens (tertiary/aromatic N) is 2. The number of esters is 1. The maximum atomic E-state index is 11.7. The maximum absolute atomic E-state index is 11.7. The third-order valence-electron chi connectivity index (χ3n) is 2.36. The Balaban J connectivity index is 2.12. The Hall–Kier alpha value is -1.62. The van der Waals surface area contributed by atoms with E-state index in [9.17, 15) is 4.79 Å². The first kappa shape index (κ1) is 12.8. The minimum atomic E-state index is -0.354. The van der Waals surface area contributed by atoms with Crippen LogP contribution in [0, 0.1) is 0 Å². The van der Waals surface area contributed by atoms with Gasteiger partial charge in [-0.25, -0.2) is 9.98 Å². The highest BCUT2D eigenvalue weighted by molar-refractivity contribution is 8.16. The molecule has 0 aromatic heterocycles. The molecule has 0 N–H and O–H groups in total. The van der Waals surface area contributed by atoms with E-state index in [2.05, 4.69) is 9.98 Å². The van der Waals surface area contributed by atoms with Gasteiger partial charge < -0.3 is 4.74 Å². The van der Waals surface area contributed by atoms with Crippen LogP contribution in [-0.2, 0) is 9.53 Å². The van der Waals surface area contributed by atoms with Crippen molar-refractivity contribution in [3.8, 4) is 0 Å². The summed E-state index contributed by atoms with van der Waals surface area (Å²) >= 11 is 1.33. The van der Waals surface area contributed by atoms with Crippen LogP contribution in [-0.4, -0.2) is 28.7 Å². The standard InChI is InChI=1S/C13H14N2O2S/c1-3-17-12(16)11-9(2)14-13(18-11)15-10-7-5-4-6-8-10/h4-8,11H,3H2,1-2H3/t11-/m1/s1. The molecule has 4 nitrogen and oxygen atoms in total. The van der Waals surface area contributed by atoms with E-state index >= 15 is 0 Å². The Morgan fingerprint density at radius 2 is 2.17 bits per heavy atom. The molecule has 5 heteroatoms. The number of aliphatic imine (C=N–C) groups is 2. The molecule has 1 aromatic carbocycles. The Kier molecular flexibility index (Phi) is 4.15. The molecule has 1 aromatic rings. The van der Waals surface area contributed by atoms with Crippen LogP contribution in [0.25, 0.3) is 0 Å². The molecule has 0 aliphatic carbocycles. The van der Waals surface area contributed by atoms with Crippen molar-refractivity contribution in [2.24, 2.45) is 9.98 Å². The summed E-state index contributed by atoms with van der Waals surface area (Å²) < 4.78 is 5.00. The highest BCUT2D eigenvalue weighted by Crippen LogP contribution is 2.27. The van der Waals surface area contributed by atoms with Gasteiger partial charge in [-0.2, -0.15) is 0 Å². The molecule has 0 saturated carbocycles. The molecular formula is C13H14N2O2S. The highest BCUT2D eigenvalue weighted by atomic mass is 32.2. The number of benzene rings is 1. The number of rotatable bonds is 3. The van der Waals surface area contributed by atoms with E-state index in [1.807, 2.05) is 37.3 Å². The van der Waals surface area contributed by atoms with Gasteiger partial charge in [0.25, 0.3) is 0 Å². The lowest BCUT2D eigenvalue weighted by atomic mass is 10.3. The van der Waals surface area contributed by atoms with Gasteiger partial charge in [0.05, 0.1) is 12.3 Å². The van der Waals surface area contributed by atoms with Crippen LogP contribution < -0.4 is 0 Å². The summed E-state index contributed by atoms with van der Waals surface area (Å²) in [6.07, 6.45) is 0. The fraction of sp³-hybridized carbons (Fsp3) is 0.308. The molecule has 94 valence electrons. The molecule has 0 saturated heterocycles. The lowest BCUT2D eigenvalue weighted by Crippen LogP contribution is -2.24. The molecule has 1 aliphatic rings. The number of carbonyl (C=O) groups is 1. The second-order valence-corrected chi connectivity index (χ2v) is 4.81. The van der Waals surface area contributed by atoms with E-state index in [4.69, 9.17) is 4.74 Å². The van der Waals surface area contributed by atoms with Gasteiger partial charge >= 0.3 is 5.97 Å². The van der Waals surface area contributed by atoms with Crippen molar-refractivity contribution < 1.29 is 9.53 Å². The third kappa shape index (κ3) is 2.98. The van der Waals surface area contributed by atoms with Gasteiger partial charge in [-0.1, -0.05) is 30.0 Å². The predicted octanol–water partition coefficient (Wildman–Crippen LogP) is 2.81. The van der Waals surface area contributed by atoms with Crippen LogP contribution in [0.5, 0.6) is 0 Å². The van der Waals surface area contributed by atoms with Crippen LogP contribution in [0.3, 0.4) is 0 Å². The number of hydrogen-bond donors (Lipinski definition) is 0. The van der Waals surface area contributed by atoms with E-state index < -0.39 is 0 Å². The van der Waals surface area contributed by atoms with Gasteiger partial charge in [0.15, 0.2) is 5.17 Å². The van der Waals surface area contributed by atoms with Crippen LogP contribution in [0.2, 0.25) is 0 Å². The molecule has 18 heavy (non-hydrogen) atoms. The number of amidine groups is 1. The first-order valence-corrected chi connectivity index (χ1v) is 6.61. The number of ether oxygens (including phenoxy) is 1. The highest BCUT2D eigenvalue weighted by Gasteiger charge is 2.31. The van der Waals surface area contributed by atoms with E-state index in [0.717, 1.165) is 11.4 Å². The van der Waals surface area contributed by atoms with Crippen LogP contribution in [0.1, 0.15) is 13.8 Å². The second-order valence-electron chi connectivity index (χ2n) is 3.73. The molecule has 1 aliphatic heterocycles. The van der Waals surface area contributed by atoms with Gasteiger partial charge in [0.1, 0.15) is 5.25 Å². The molecule has 0 bridgehead atoms. The summed E-state index contributed by atoms with van der Waals surface area (Å²) in [5.74, 6) is -0.248. The molecule has 2 rings (SSSR count). The Morgan fingerprint density at radius 3 is 2.83 bits per heavy atom. The van der Waals surface area contributed by atoms with E-state index in [1.165, 1.54) is 11.8 Å². The fourth-order valence-corrected chi connectivity index (χ4v) is 2.48. The van der Waals surface area contributed by atoms with E-state index in [1.54, 1.807) is 6.92 Å². The second kappa shape index (κ2) is 5.82. The quantitative estimate of drug-likeness (QED) is 0.787. The first-order valence-electron chi connectivity index (χ1n) is 5.73. The molecule has 0 fully saturated rings. The minimum absolute atomic E-state index is 0.248. The van der Waals surface area contributed by atoms with Crippen molar-refractivity contribution >= 4 is 34.3 Å². The van der Waals surface area contributed by atoms with E-state index in [0.29, 0.717) is 11.8 Å². The van der Waals surface area contributed by atoms with Crippen molar-refractivity contribution in [2.45, 2.75) is 19.1 Å². The number of carbonyl (C=O) groups excluding carboxylic acids is 1. The normalized spacial score (nSPS) is 20.9. The van der Waals surface area contributed by atoms with Crippen LogP contribution in [0.15, 0.2) is 40.3 Å². The van der Waals surface area contributed by atoms with Crippen LogP contribution in [0.4, 0.5) is 5.69 Å². The summed E-state index contributed by atoms with van der Waals surface area (Å²) in [7, 11) is 0. The lowest BCUT2D eigenvalue weighted by Gasteiger charge is -2.06. The monoisotopic (exact) mass is 262 g/mol. The zero-order chi connectivity index (χ0) is 13.0. The molecule has 0 spiro atoms. The summed E-state index contributed by atoms with van der Waals surface area (Å²) in [5, 5.41) is 0.254. The van der Waals surface area contributed by atoms with Crippen LogP contribution >= 0.6 is 11.8 Å². The largest absolute Gasteiger partial charge is 0.465 e. The topological polar surface area (TPSA) is 51.0 Å². The summed E-state index contributed by atoms with van der Waals surface area (Å²) in [6.45, 7) is 4.00. The molecule has 1 atom stereocenters. The van der Waals surface area contributed by atoms with Crippen molar-refractivity contribution in [1.29, 1.82) is 0 Å². The van der Waals surface area contributed by atoms with Crippen molar-refractivity contribution in [2.75, 3.05) is 6.61 Å². The average Bonchev–Trinajstić information content (AvgIpc) is 2.72. The maximum Gasteiger partial charge on any atom is 0.325 e. The average molecular weight is 262 g/mol. The van der Waals surface area contributed by atoms with Gasteiger partial charge in [0, 0.05) is 5.71 Å². The molecule has 0 unspecified atom stereocenters. The van der Waals surface area contributed by atoms with E-state index in [-0.39, 0.29) is 11.2 Å². The molecule has 0 radical (unpaired) electrons. The molecule has 0 amide bonds. The zero-order valence-electron chi connectivity index (χ0n) is 10.3. The van der Waals surface area contributed by atoms with Crippen molar-refractivity contribution in [3.05, 3.63) is 30.3 Å². The first-order chi connectivity index (χ1) is 8.70. The summed E-state index contributed by atoms with van der Waals surface area (Å²) in [4.78, 5) is 20.4. The third-order valence-corrected chi connectivity index (χ3v) is 3.52. The predicted molar refractivity (Wildman–Crippen MR) is 74.7 cm³/mol. The Labute approximate surface area is 110 Å². The van der Waals surface area contributed by atoms with Gasteiger partial charge in [-0.3, -0.25) is 4.79 Å². The Bertz CT molecular complexity index is 497. The van der Waals surface area contributed by atoms with Gasteiger partial charge in [0.2, 0.25) is 0 Å². The SMILES string of the molecule is CCOC(=O)[C@@H]1SC(=Nc2ccccc2)N=C1C. The Morgan fingerprint density at radius 1 is 1.44 bits per heavy atom. The smallest absolute Gasteiger partial charge is 0.325 e. The lowest BCUT2D eigenvalue weighted by molar-refractivity contribution is -0.141. The zero-order valence-corrected chi connectivity index (χ0v) is 11.1. The minimum Gasteiger partial charge on any atom is -0.465 e. The van der Waals surface area contributed by atoms with Gasteiger partial charge in [-0.15, -0.1) is 0 Å². The molecular weight excluding hydrogens is 248 g/mol.